The first kappa shape index (κ1) is 26.8. The molecular formula is C24H31Cl2N5O2. The first-order valence-corrected chi connectivity index (χ1v) is 10.8. The van der Waals surface area contributed by atoms with Gasteiger partial charge in [0.1, 0.15) is 5.52 Å². The largest absolute Gasteiger partial charge is 0.493 e. The van der Waals surface area contributed by atoms with Crippen molar-refractivity contribution in [3.8, 4) is 17.1 Å². The fourth-order valence-electron chi connectivity index (χ4n) is 4.39. The first-order chi connectivity index (χ1) is 14.9. The molecule has 33 heavy (non-hydrogen) atoms. The number of rotatable bonds is 6. The van der Waals surface area contributed by atoms with Gasteiger partial charge in [-0.3, -0.25) is 9.78 Å². The molecule has 0 saturated heterocycles. The summed E-state index contributed by atoms with van der Waals surface area (Å²) in [6.07, 6.45) is 7.72. The number of halogens is 2. The number of ketones is 1. The first-order valence-electron chi connectivity index (χ1n) is 10.8. The lowest BCUT2D eigenvalue weighted by atomic mass is 9.85. The third-order valence-electron chi connectivity index (χ3n) is 5.95. The molecular weight excluding hydrogens is 461 g/mol. The Balaban J connectivity index is 0.00000193. The normalized spacial score (nSPS) is 17.8. The Bertz CT molecular complexity index is 1080. The molecule has 0 radical (unpaired) electrons. The summed E-state index contributed by atoms with van der Waals surface area (Å²) in [4.78, 5) is 27.9. The summed E-state index contributed by atoms with van der Waals surface area (Å²) < 4.78 is 0. The van der Waals surface area contributed by atoms with Crippen LogP contribution in [0.1, 0.15) is 43.0 Å². The molecule has 178 valence electrons. The van der Waals surface area contributed by atoms with Crippen LogP contribution in [0.2, 0.25) is 0 Å². The highest BCUT2D eigenvalue weighted by molar-refractivity contribution is 6.06. The molecule has 0 atom stereocenters. The van der Waals surface area contributed by atoms with Gasteiger partial charge in [0.2, 0.25) is 5.88 Å². The standard InChI is InChI=1S/C24H29N5O2.2ClH/c1-15(30)19-13-25-21-10-9-20(17-6-11-22(31)26-12-17)28-24(21)23(19)27-18-7-4-16(5-8-18)14-29(2)3;;/h6,9-13,16,18H,4-5,7-8,14H2,1-3H3,(H,25,27)(H,26,31);2*1H/t16-,18-;;. The molecule has 3 aromatic heterocycles. The van der Waals surface area contributed by atoms with Gasteiger partial charge < -0.3 is 15.3 Å². The number of carbonyl (C=O) groups is 1. The van der Waals surface area contributed by atoms with Gasteiger partial charge in [-0.1, -0.05) is 0 Å². The second-order valence-corrected chi connectivity index (χ2v) is 8.70. The number of aromatic hydroxyl groups is 1. The quantitative estimate of drug-likeness (QED) is 0.469. The lowest BCUT2D eigenvalue weighted by Gasteiger charge is -2.31. The van der Waals surface area contributed by atoms with E-state index in [1.54, 1.807) is 25.4 Å². The second-order valence-electron chi connectivity index (χ2n) is 8.70. The summed E-state index contributed by atoms with van der Waals surface area (Å²) in [6.45, 7) is 2.69. The van der Waals surface area contributed by atoms with Crippen LogP contribution >= 0.6 is 24.8 Å². The Kier molecular flexibility index (Phi) is 9.40. The van der Waals surface area contributed by atoms with Crippen molar-refractivity contribution in [2.24, 2.45) is 5.92 Å². The van der Waals surface area contributed by atoms with Crippen molar-refractivity contribution >= 4 is 47.3 Å². The van der Waals surface area contributed by atoms with E-state index in [0.29, 0.717) is 17.1 Å². The molecule has 0 amide bonds. The number of fused-ring (bicyclic) bond motifs is 1. The Hall–Kier alpha value is -2.48. The molecule has 0 aliphatic heterocycles. The van der Waals surface area contributed by atoms with Crippen LogP contribution in [0.25, 0.3) is 22.3 Å². The number of anilines is 1. The number of pyridine rings is 3. The van der Waals surface area contributed by atoms with E-state index in [1.165, 1.54) is 18.9 Å². The van der Waals surface area contributed by atoms with Gasteiger partial charge in [0, 0.05) is 36.6 Å². The van der Waals surface area contributed by atoms with E-state index in [2.05, 4.69) is 34.3 Å². The number of hydrogen-bond donors (Lipinski definition) is 2. The summed E-state index contributed by atoms with van der Waals surface area (Å²) in [7, 11) is 4.25. The highest BCUT2D eigenvalue weighted by atomic mass is 35.5. The molecule has 3 heterocycles. The number of Topliss-reactive ketones (excluding diaryl/α,β-unsaturated/α-hetero) is 1. The third kappa shape index (κ3) is 6.31. The van der Waals surface area contributed by atoms with Crippen molar-refractivity contribution in [3.63, 3.8) is 0 Å². The zero-order valence-electron chi connectivity index (χ0n) is 19.1. The van der Waals surface area contributed by atoms with Gasteiger partial charge in [-0.15, -0.1) is 24.8 Å². The fourth-order valence-corrected chi connectivity index (χ4v) is 4.39. The molecule has 0 unspecified atom stereocenters. The monoisotopic (exact) mass is 491 g/mol. The number of hydrogen-bond acceptors (Lipinski definition) is 7. The van der Waals surface area contributed by atoms with Crippen molar-refractivity contribution < 1.29 is 9.90 Å². The molecule has 1 aliphatic carbocycles. The van der Waals surface area contributed by atoms with Crippen LogP contribution in [0.4, 0.5) is 5.69 Å². The van der Waals surface area contributed by atoms with Crippen LogP contribution in [-0.2, 0) is 0 Å². The smallest absolute Gasteiger partial charge is 0.210 e. The number of nitrogens with zero attached hydrogens (tertiary/aromatic N) is 4. The average molecular weight is 492 g/mol. The number of carbonyl (C=O) groups excluding carboxylic acids is 1. The molecule has 1 fully saturated rings. The maximum absolute atomic E-state index is 12.4. The summed E-state index contributed by atoms with van der Waals surface area (Å²) in [5, 5.41) is 13.1. The summed E-state index contributed by atoms with van der Waals surface area (Å²) in [5.41, 5.74) is 4.28. The molecule has 4 rings (SSSR count). The van der Waals surface area contributed by atoms with E-state index in [4.69, 9.17) is 4.98 Å². The van der Waals surface area contributed by atoms with E-state index in [-0.39, 0.29) is 36.5 Å². The van der Waals surface area contributed by atoms with Gasteiger partial charge in [-0.05, 0) is 70.8 Å². The highest BCUT2D eigenvalue weighted by Gasteiger charge is 2.24. The molecule has 0 bridgehead atoms. The van der Waals surface area contributed by atoms with Crippen molar-refractivity contribution in [2.45, 2.75) is 38.6 Å². The molecule has 1 aliphatic rings. The van der Waals surface area contributed by atoms with Crippen LogP contribution < -0.4 is 5.32 Å². The SMILES string of the molecule is CC(=O)c1cnc2ccc(-c3ccc(O)nc3)nc2c1N[C@H]1CC[C@H](CN(C)C)CC1.Cl.Cl. The Morgan fingerprint density at radius 3 is 2.39 bits per heavy atom. The molecule has 2 N–H and O–H groups in total. The van der Waals surface area contributed by atoms with Crippen LogP contribution in [-0.4, -0.2) is 57.4 Å². The fraction of sp³-hybridized carbons (Fsp3) is 0.417. The summed E-state index contributed by atoms with van der Waals surface area (Å²) >= 11 is 0. The molecule has 1 saturated carbocycles. The van der Waals surface area contributed by atoms with Gasteiger partial charge in [0.15, 0.2) is 5.78 Å². The molecule has 3 aromatic rings. The van der Waals surface area contributed by atoms with Crippen LogP contribution in [0, 0.1) is 5.92 Å². The van der Waals surface area contributed by atoms with Crippen LogP contribution in [0.15, 0.2) is 36.7 Å². The number of nitrogens with one attached hydrogen (secondary N) is 1. The maximum atomic E-state index is 12.4. The lowest BCUT2D eigenvalue weighted by Crippen LogP contribution is -2.31. The van der Waals surface area contributed by atoms with Gasteiger partial charge in [-0.2, -0.15) is 0 Å². The highest BCUT2D eigenvalue weighted by Crippen LogP contribution is 2.32. The zero-order valence-corrected chi connectivity index (χ0v) is 20.7. The van der Waals surface area contributed by atoms with E-state index < -0.39 is 0 Å². The van der Waals surface area contributed by atoms with Gasteiger partial charge in [0.05, 0.1) is 22.5 Å². The Labute approximate surface area is 206 Å². The van der Waals surface area contributed by atoms with Crippen LogP contribution in [0.5, 0.6) is 5.88 Å². The second kappa shape index (κ2) is 11.6. The van der Waals surface area contributed by atoms with E-state index >= 15 is 0 Å². The van der Waals surface area contributed by atoms with E-state index in [1.807, 2.05) is 12.1 Å². The number of aromatic nitrogens is 3. The zero-order chi connectivity index (χ0) is 22.0. The Morgan fingerprint density at radius 1 is 1.06 bits per heavy atom. The van der Waals surface area contributed by atoms with Crippen LogP contribution in [0.3, 0.4) is 0 Å². The predicted octanol–water partition coefficient (Wildman–Crippen LogP) is 4.98. The molecule has 0 spiro atoms. The molecule has 0 aromatic carbocycles. The minimum Gasteiger partial charge on any atom is -0.493 e. The van der Waals surface area contributed by atoms with Crippen molar-refractivity contribution in [2.75, 3.05) is 26.0 Å². The Morgan fingerprint density at radius 2 is 1.79 bits per heavy atom. The minimum absolute atomic E-state index is 0. The van der Waals surface area contributed by atoms with Crippen molar-refractivity contribution in [1.29, 1.82) is 0 Å². The predicted molar refractivity (Wildman–Crippen MR) is 137 cm³/mol. The minimum atomic E-state index is -0.0308. The molecule has 9 heteroatoms. The summed E-state index contributed by atoms with van der Waals surface area (Å²) in [6, 6.07) is 7.41. The molecule has 7 nitrogen and oxygen atoms in total. The van der Waals surface area contributed by atoms with Crippen molar-refractivity contribution in [1.82, 2.24) is 19.9 Å². The summed E-state index contributed by atoms with van der Waals surface area (Å²) in [5.74, 6) is 0.662. The third-order valence-corrected chi connectivity index (χ3v) is 5.95. The van der Waals surface area contributed by atoms with Gasteiger partial charge in [-0.25, -0.2) is 9.97 Å². The van der Waals surface area contributed by atoms with Gasteiger partial charge in [0.25, 0.3) is 0 Å². The average Bonchev–Trinajstić information content (AvgIpc) is 2.75. The maximum Gasteiger partial charge on any atom is 0.210 e. The lowest BCUT2D eigenvalue weighted by molar-refractivity contribution is 0.101. The van der Waals surface area contributed by atoms with Crippen molar-refractivity contribution in [3.05, 3.63) is 42.2 Å². The topological polar surface area (TPSA) is 91.2 Å². The van der Waals surface area contributed by atoms with Gasteiger partial charge >= 0.3 is 0 Å². The van der Waals surface area contributed by atoms with E-state index in [9.17, 15) is 9.90 Å². The van der Waals surface area contributed by atoms with E-state index in [0.717, 1.165) is 47.8 Å².